The largest absolute Gasteiger partial charge is 0.373 e. The van der Waals surface area contributed by atoms with Crippen LogP contribution in [0.25, 0.3) is 0 Å². The Morgan fingerprint density at radius 2 is 1.43 bits per heavy atom. The lowest BCUT2D eigenvalue weighted by molar-refractivity contribution is -0.136. The number of hydrogen-bond donors (Lipinski definition) is 4. The molecule has 4 N–H and O–H groups in total. The fourth-order valence-electron chi connectivity index (χ4n) is 3.79. The molecule has 40 heavy (non-hydrogen) atoms. The molecule has 0 aliphatic heterocycles. The first kappa shape index (κ1) is 34.8. The minimum absolute atomic E-state index is 0.0838. The van der Waals surface area contributed by atoms with Gasteiger partial charge in [0.1, 0.15) is 24.4 Å². The monoisotopic (exact) mass is 560 g/mol. The molecule has 0 aromatic heterocycles. The van der Waals surface area contributed by atoms with Crippen LogP contribution in [0, 0.1) is 18.3 Å². The Hall–Kier alpha value is -3.27. The van der Waals surface area contributed by atoms with Crippen molar-refractivity contribution >= 4 is 29.9 Å². The van der Waals surface area contributed by atoms with E-state index < -0.39 is 58.8 Å². The van der Waals surface area contributed by atoms with Gasteiger partial charge in [0.15, 0.2) is 0 Å². The Morgan fingerprint density at radius 1 is 0.850 bits per heavy atom. The minimum atomic E-state index is -1.02. The van der Waals surface area contributed by atoms with Crippen molar-refractivity contribution in [2.45, 2.75) is 105 Å². The molecule has 1 rings (SSSR count). The van der Waals surface area contributed by atoms with Crippen molar-refractivity contribution < 1.29 is 28.7 Å². The van der Waals surface area contributed by atoms with Crippen LogP contribution >= 0.6 is 0 Å². The zero-order valence-electron chi connectivity index (χ0n) is 25.6. The Labute approximate surface area is 238 Å². The molecule has 0 bridgehead atoms. The van der Waals surface area contributed by atoms with Gasteiger partial charge in [0, 0.05) is 13.3 Å². The number of carbonyl (C=O) groups is 5. The molecule has 0 saturated carbocycles. The second kappa shape index (κ2) is 14.9. The van der Waals surface area contributed by atoms with Crippen LogP contribution in [0.2, 0.25) is 0 Å². The standard InChI is InChI=1S/C30H48N4O6/c1-18(2)25(34-27(38)23(31-20(4)36)17-40-30(8,9)10)28(39)32-22(15-21-14-12-11-13-19(21)3)26(37)33-24(16-35)29(5,6)7/h11-14,16,18,22-25H,15,17H2,1-10H3,(H,31,36)(H,32,39)(H,33,37)(H,34,38)/t22-,23-,24+,25+/m0/s1. The Balaban J connectivity index is 3.22. The van der Waals surface area contributed by atoms with Gasteiger partial charge in [-0.05, 0) is 50.2 Å². The first-order valence-electron chi connectivity index (χ1n) is 13.7. The topological polar surface area (TPSA) is 143 Å². The Morgan fingerprint density at radius 3 is 1.90 bits per heavy atom. The summed E-state index contributed by atoms with van der Waals surface area (Å²) in [5.74, 6) is -2.41. The van der Waals surface area contributed by atoms with Crippen LogP contribution < -0.4 is 21.3 Å². The number of ether oxygens (including phenoxy) is 1. The third kappa shape index (κ3) is 11.9. The van der Waals surface area contributed by atoms with Crippen molar-refractivity contribution in [3.63, 3.8) is 0 Å². The molecular weight excluding hydrogens is 512 g/mol. The molecule has 10 nitrogen and oxygen atoms in total. The van der Waals surface area contributed by atoms with Crippen LogP contribution in [0.1, 0.15) is 73.4 Å². The highest BCUT2D eigenvalue weighted by atomic mass is 16.5. The van der Waals surface area contributed by atoms with Gasteiger partial charge in [0.25, 0.3) is 0 Å². The van der Waals surface area contributed by atoms with E-state index >= 15 is 0 Å². The van der Waals surface area contributed by atoms with E-state index in [-0.39, 0.29) is 18.9 Å². The number of rotatable bonds is 13. The second-order valence-corrected chi connectivity index (χ2v) is 12.6. The lowest BCUT2D eigenvalue weighted by Gasteiger charge is -2.31. The highest BCUT2D eigenvalue weighted by molar-refractivity contribution is 5.94. The summed E-state index contributed by atoms with van der Waals surface area (Å²) in [6.45, 7) is 17.6. The van der Waals surface area contributed by atoms with Gasteiger partial charge >= 0.3 is 0 Å². The van der Waals surface area contributed by atoms with Crippen molar-refractivity contribution in [1.82, 2.24) is 21.3 Å². The minimum Gasteiger partial charge on any atom is -0.373 e. The predicted octanol–water partition coefficient (Wildman–Crippen LogP) is 2.21. The molecule has 0 radical (unpaired) electrons. The maximum Gasteiger partial charge on any atom is 0.245 e. The third-order valence-electron chi connectivity index (χ3n) is 6.31. The van der Waals surface area contributed by atoms with Crippen molar-refractivity contribution in [1.29, 1.82) is 0 Å². The number of benzene rings is 1. The van der Waals surface area contributed by atoms with Crippen LogP contribution in [0.15, 0.2) is 24.3 Å². The van der Waals surface area contributed by atoms with E-state index in [2.05, 4.69) is 21.3 Å². The second-order valence-electron chi connectivity index (χ2n) is 12.6. The number of hydrogen-bond acceptors (Lipinski definition) is 6. The number of aryl methyl sites for hydroxylation is 1. The SMILES string of the molecule is CC(=O)N[C@@H](COC(C)(C)C)C(=O)N[C@@H](C(=O)N[C@@H](Cc1ccccc1C)C(=O)N[C@H](C=O)C(C)(C)C)C(C)C. The molecule has 4 atom stereocenters. The molecule has 0 saturated heterocycles. The number of nitrogens with one attached hydrogen (secondary N) is 4. The van der Waals surface area contributed by atoms with Gasteiger partial charge in [-0.1, -0.05) is 58.9 Å². The van der Waals surface area contributed by atoms with Gasteiger partial charge in [0.05, 0.1) is 18.2 Å². The molecule has 0 spiro atoms. The predicted molar refractivity (Wildman–Crippen MR) is 154 cm³/mol. The van der Waals surface area contributed by atoms with Crippen LogP contribution in [0.4, 0.5) is 0 Å². The molecule has 10 heteroatoms. The van der Waals surface area contributed by atoms with Gasteiger partial charge < -0.3 is 30.8 Å². The highest BCUT2D eigenvalue weighted by Crippen LogP contribution is 2.18. The van der Waals surface area contributed by atoms with E-state index in [0.29, 0.717) is 6.29 Å². The fourth-order valence-corrected chi connectivity index (χ4v) is 3.79. The van der Waals surface area contributed by atoms with Crippen molar-refractivity contribution in [3.05, 3.63) is 35.4 Å². The molecule has 224 valence electrons. The molecular formula is C30H48N4O6. The molecule has 0 aliphatic rings. The molecule has 0 aliphatic carbocycles. The van der Waals surface area contributed by atoms with Gasteiger partial charge in [-0.15, -0.1) is 0 Å². The maximum atomic E-state index is 13.5. The van der Waals surface area contributed by atoms with Gasteiger partial charge in [-0.25, -0.2) is 0 Å². The summed E-state index contributed by atoms with van der Waals surface area (Å²) in [4.78, 5) is 63.6. The maximum absolute atomic E-state index is 13.5. The normalized spacial score (nSPS) is 14.9. The van der Waals surface area contributed by atoms with Crippen LogP contribution in [0.5, 0.6) is 0 Å². The van der Waals surface area contributed by atoms with E-state index in [1.54, 1.807) is 13.8 Å². The van der Waals surface area contributed by atoms with E-state index in [9.17, 15) is 24.0 Å². The van der Waals surface area contributed by atoms with E-state index in [1.165, 1.54) is 6.92 Å². The average Bonchev–Trinajstić information content (AvgIpc) is 2.82. The summed E-state index contributed by atoms with van der Waals surface area (Å²) in [6, 6.07) is 3.72. The smallest absolute Gasteiger partial charge is 0.245 e. The average molecular weight is 561 g/mol. The van der Waals surface area contributed by atoms with Crippen molar-refractivity contribution in [3.8, 4) is 0 Å². The first-order chi connectivity index (χ1) is 18.4. The molecule has 0 heterocycles. The summed E-state index contributed by atoms with van der Waals surface area (Å²) in [5.41, 5.74) is 0.727. The van der Waals surface area contributed by atoms with Crippen molar-refractivity contribution in [2.24, 2.45) is 11.3 Å². The summed E-state index contributed by atoms with van der Waals surface area (Å²) in [7, 11) is 0. The molecule has 4 amide bonds. The summed E-state index contributed by atoms with van der Waals surface area (Å²) < 4.78 is 5.71. The Kier molecular flexibility index (Phi) is 13.0. The van der Waals surface area contributed by atoms with Gasteiger partial charge in [0.2, 0.25) is 23.6 Å². The number of carbonyl (C=O) groups excluding carboxylic acids is 5. The summed E-state index contributed by atoms with van der Waals surface area (Å²) in [6.07, 6.45) is 0.871. The molecule has 1 aromatic carbocycles. The molecule has 1 aromatic rings. The molecule has 0 unspecified atom stereocenters. The van der Waals surface area contributed by atoms with E-state index in [1.807, 2.05) is 72.7 Å². The van der Waals surface area contributed by atoms with Gasteiger partial charge in [-0.2, -0.15) is 0 Å². The highest BCUT2D eigenvalue weighted by Gasteiger charge is 2.34. The number of amides is 4. The lowest BCUT2D eigenvalue weighted by Crippen LogP contribution is -2.60. The van der Waals surface area contributed by atoms with Gasteiger partial charge in [-0.3, -0.25) is 19.2 Å². The van der Waals surface area contributed by atoms with Crippen LogP contribution in [-0.4, -0.2) is 66.3 Å². The quantitative estimate of drug-likeness (QED) is 0.273. The van der Waals surface area contributed by atoms with Crippen LogP contribution in [0.3, 0.4) is 0 Å². The zero-order chi connectivity index (χ0) is 30.8. The zero-order valence-corrected chi connectivity index (χ0v) is 25.6. The number of aldehydes is 1. The van der Waals surface area contributed by atoms with Crippen LogP contribution in [-0.2, 0) is 35.1 Å². The van der Waals surface area contributed by atoms with E-state index in [0.717, 1.165) is 11.1 Å². The Bertz CT molecular complexity index is 1040. The third-order valence-corrected chi connectivity index (χ3v) is 6.31. The van der Waals surface area contributed by atoms with Crippen molar-refractivity contribution in [2.75, 3.05) is 6.61 Å². The van der Waals surface area contributed by atoms with E-state index in [4.69, 9.17) is 4.74 Å². The summed E-state index contributed by atoms with van der Waals surface area (Å²) >= 11 is 0. The molecule has 0 fully saturated rings. The first-order valence-corrected chi connectivity index (χ1v) is 13.7. The lowest BCUT2D eigenvalue weighted by atomic mass is 9.87. The summed E-state index contributed by atoms with van der Waals surface area (Å²) in [5, 5.41) is 10.8. The fraction of sp³-hybridized carbons (Fsp3) is 0.633.